The molecule has 2 fully saturated rings. The van der Waals surface area contributed by atoms with Crippen LogP contribution in [-0.4, -0.2) is 65.3 Å². The monoisotopic (exact) mass is 463 g/mol. The first-order valence-corrected chi connectivity index (χ1v) is 10.7. The van der Waals surface area contributed by atoms with Gasteiger partial charge in [-0.1, -0.05) is 17.7 Å². The van der Waals surface area contributed by atoms with Gasteiger partial charge in [-0.3, -0.25) is 10.9 Å². The highest BCUT2D eigenvalue weighted by Crippen LogP contribution is 2.22. The van der Waals surface area contributed by atoms with Gasteiger partial charge in [0.05, 0.1) is 5.69 Å². The summed E-state index contributed by atoms with van der Waals surface area (Å²) in [5.74, 6) is 1.48. The van der Waals surface area contributed by atoms with E-state index >= 15 is 0 Å². The Hall–Kier alpha value is -2.44. The van der Waals surface area contributed by atoms with Gasteiger partial charge in [0.15, 0.2) is 0 Å². The number of rotatable bonds is 5. The molecule has 10 N–H and O–H groups in total. The molecule has 2 saturated heterocycles. The maximum atomic E-state index is 6.19. The maximum absolute atomic E-state index is 6.19. The van der Waals surface area contributed by atoms with Gasteiger partial charge in [0.2, 0.25) is 17.8 Å². The Morgan fingerprint density at radius 1 is 0.719 bits per heavy atom. The lowest BCUT2D eigenvalue weighted by Crippen LogP contribution is -2.54. The van der Waals surface area contributed by atoms with Crippen molar-refractivity contribution in [2.24, 2.45) is 22.9 Å². The first kappa shape index (κ1) is 24.2. The van der Waals surface area contributed by atoms with Crippen LogP contribution in [0.3, 0.4) is 0 Å². The van der Waals surface area contributed by atoms with Crippen LogP contribution in [0.25, 0.3) is 0 Å². The zero-order valence-electron chi connectivity index (χ0n) is 18.3. The van der Waals surface area contributed by atoms with E-state index in [0.717, 1.165) is 18.5 Å². The molecule has 12 heteroatoms. The van der Waals surface area contributed by atoms with Crippen LogP contribution in [0.4, 0.5) is 23.5 Å². The van der Waals surface area contributed by atoms with Crippen molar-refractivity contribution >= 4 is 35.9 Å². The van der Waals surface area contributed by atoms with Crippen molar-refractivity contribution in [3.05, 3.63) is 29.8 Å². The average Bonchev–Trinajstić information content (AvgIpc) is 2.72. The highest BCUT2D eigenvalue weighted by molar-refractivity contribution is 5.85. The third kappa shape index (κ3) is 6.08. The molecule has 4 rings (SSSR count). The van der Waals surface area contributed by atoms with Crippen molar-refractivity contribution in [1.82, 2.24) is 15.0 Å². The summed E-state index contributed by atoms with van der Waals surface area (Å²) >= 11 is 0. The van der Waals surface area contributed by atoms with Crippen LogP contribution in [0, 0.1) is 6.92 Å². The second kappa shape index (κ2) is 10.5. The van der Waals surface area contributed by atoms with E-state index in [1.807, 2.05) is 41.0 Å². The zero-order chi connectivity index (χ0) is 22.0. The molecule has 0 amide bonds. The standard InChI is InChI=1S/C20H33N11.ClH/c1-12-2-4-17(5-3-12)28-29-18-25-19(30-8-13(21)6-14(22)9-30)27-20(26-18)31-10-15(23)7-16(24)11-31;/h2-5,13-16,28H,6-11,21-24H2,1H3,(H,25,26,27,29);1H/t13-,14+,15-,16+;. The third-order valence-electron chi connectivity index (χ3n) is 5.58. The summed E-state index contributed by atoms with van der Waals surface area (Å²) in [4.78, 5) is 18.0. The van der Waals surface area contributed by atoms with Crippen LogP contribution in [0.5, 0.6) is 0 Å². The van der Waals surface area contributed by atoms with E-state index < -0.39 is 0 Å². The fourth-order valence-corrected chi connectivity index (χ4v) is 4.14. The Bertz CT molecular complexity index is 816. The minimum absolute atomic E-state index is 0. The molecule has 0 bridgehead atoms. The first-order chi connectivity index (χ1) is 14.9. The topological polar surface area (TPSA) is 173 Å². The summed E-state index contributed by atoms with van der Waals surface area (Å²) in [5, 5.41) is 0. The van der Waals surface area contributed by atoms with E-state index in [-0.39, 0.29) is 36.6 Å². The van der Waals surface area contributed by atoms with Gasteiger partial charge < -0.3 is 32.7 Å². The molecule has 4 atom stereocenters. The molecule has 2 aliphatic heterocycles. The molecule has 2 aliphatic rings. The Morgan fingerprint density at radius 2 is 1.16 bits per heavy atom. The zero-order valence-corrected chi connectivity index (χ0v) is 19.1. The fourth-order valence-electron chi connectivity index (χ4n) is 4.14. The summed E-state index contributed by atoms with van der Waals surface area (Å²) in [6.45, 7) is 4.61. The Morgan fingerprint density at radius 3 is 1.59 bits per heavy atom. The molecule has 2 aromatic rings. The van der Waals surface area contributed by atoms with Crippen LogP contribution >= 0.6 is 12.4 Å². The predicted molar refractivity (Wildman–Crippen MR) is 131 cm³/mol. The molecule has 11 nitrogen and oxygen atoms in total. The van der Waals surface area contributed by atoms with Crippen molar-refractivity contribution < 1.29 is 0 Å². The number of halogens is 1. The van der Waals surface area contributed by atoms with Gasteiger partial charge in [0.1, 0.15) is 0 Å². The lowest BCUT2D eigenvalue weighted by molar-refractivity contribution is 0.441. The van der Waals surface area contributed by atoms with Gasteiger partial charge in [-0.15, -0.1) is 12.4 Å². The van der Waals surface area contributed by atoms with E-state index in [9.17, 15) is 0 Å². The molecule has 176 valence electrons. The predicted octanol–water partition coefficient (Wildman–Crippen LogP) is -0.230. The normalized spacial score (nSPS) is 25.8. The Balaban J connectivity index is 0.00000289. The largest absolute Gasteiger partial charge is 0.338 e. The lowest BCUT2D eigenvalue weighted by atomic mass is 10.0. The number of nitrogens with one attached hydrogen (secondary N) is 2. The number of aryl methyl sites for hydroxylation is 1. The van der Waals surface area contributed by atoms with Crippen LogP contribution in [0.2, 0.25) is 0 Å². The fraction of sp³-hybridized carbons (Fsp3) is 0.550. The number of nitrogens with two attached hydrogens (primary N) is 4. The first-order valence-electron chi connectivity index (χ1n) is 10.7. The van der Waals surface area contributed by atoms with Crippen molar-refractivity contribution in [3.8, 4) is 0 Å². The van der Waals surface area contributed by atoms with Gasteiger partial charge in [-0.25, -0.2) is 0 Å². The van der Waals surface area contributed by atoms with Gasteiger partial charge in [0, 0.05) is 50.3 Å². The number of anilines is 4. The van der Waals surface area contributed by atoms with Crippen molar-refractivity contribution in [1.29, 1.82) is 0 Å². The van der Waals surface area contributed by atoms with Crippen LogP contribution in [0.1, 0.15) is 18.4 Å². The van der Waals surface area contributed by atoms with Crippen LogP contribution < -0.4 is 43.6 Å². The molecular formula is C20H34ClN11. The number of nitrogens with zero attached hydrogens (tertiary/aromatic N) is 5. The quantitative estimate of drug-likeness (QED) is 0.323. The number of benzene rings is 1. The van der Waals surface area contributed by atoms with Crippen molar-refractivity contribution in [2.75, 3.05) is 46.8 Å². The molecular weight excluding hydrogens is 430 g/mol. The minimum Gasteiger partial charge on any atom is -0.338 e. The Labute approximate surface area is 194 Å². The van der Waals surface area contributed by atoms with Crippen LogP contribution in [-0.2, 0) is 0 Å². The number of hydrogen-bond acceptors (Lipinski definition) is 11. The summed E-state index contributed by atoms with van der Waals surface area (Å²) in [6.07, 6.45) is 1.56. The number of hydrogen-bond donors (Lipinski definition) is 6. The highest BCUT2D eigenvalue weighted by atomic mass is 35.5. The average molecular weight is 464 g/mol. The molecule has 0 unspecified atom stereocenters. The van der Waals surface area contributed by atoms with Crippen molar-refractivity contribution in [2.45, 2.75) is 43.9 Å². The third-order valence-corrected chi connectivity index (χ3v) is 5.58. The molecule has 0 aliphatic carbocycles. The number of hydrazine groups is 1. The molecule has 0 saturated carbocycles. The molecule has 1 aromatic heterocycles. The molecule has 1 aromatic carbocycles. The summed E-state index contributed by atoms with van der Waals surface area (Å²) in [6, 6.07) is 7.92. The number of aromatic nitrogens is 3. The smallest absolute Gasteiger partial charge is 0.248 e. The van der Waals surface area contributed by atoms with Crippen LogP contribution in [0.15, 0.2) is 24.3 Å². The van der Waals surface area contributed by atoms with E-state index in [1.165, 1.54) is 5.56 Å². The second-order valence-corrected chi connectivity index (χ2v) is 8.70. The molecule has 0 radical (unpaired) electrons. The molecule has 3 heterocycles. The molecule has 32 heavy (non-hydrogen) atoms. The lowest BCUT2D eigenvalue weighted by Gasteiger charge is -2.37. The number of piperidine rings is 2. The van der Waals surface area contributed by atoms with Gasteiger partial charge in [0.25, 0.3) is 0 Å². The van der Waals surface area contributed by atoms with E-state index in [2.05, 4.69) is 20.8 Å². The second-order valence-electron chi connectivity index (χ2n) is 8.70. The minimum atomic E-state index is -0.0251. The van der Waals surface area contributed by atoms with Gasteiger partial charge in [-0.05, 0) is 31.9 Å². The van der Waals surface area contributed by atoms with Crippen molar-refractivity contribution in [3.63, 3.8) is 0 Å². The van der Waals surface area contributed by atoms with E-state index in [1.54, 1.807) is 0 Å². The SMILES string of the molecule is Cc1ccc(NNc2nc(N3C[C@H](N)C[C@H](N)C3)nc(N3C[C@H](N)C[C@H](N)C3)n2)cc1.Cl. The Kier molecular flexibility index (Phi) is 7.91. The highest BCUT2D eigenvalue weighted by Gasteiger charge is 2.28. The van der Waals surface area contributed by atoms with E-state index in [4.69, 9.17) is 27.9 Å². The summed E-state index contributed by atoms with van der Waals surface area (Å²) < 4.78 is 0. The summed E-state index contributed by atoms with van der Waals surface area (Å²) in [7, 11) is 0. The molecule has 0 spiro atoms. The van der Waals surface area contributed by atoms with Gasteiger partial charge >= 0.3 is 0 Å². The maximum Gasteiger partial charge on any atom is 0.248 e. The van der Waals surface area contributed by atoms with E-state index in [0.29, 0.717) is 44.0 Å². The van der Waals surface area contributed by atoms with Gasteiger partial charge in [-0.2, -0.15) is 15.0 Å². The summed E-state index contributed by atoms with van der Waals surface area (Å²) in [5.41, 5.74) is 33.1.